The summed E-state index contributed by atoms with van der Waals surface area (Å²) in [6.45, 7) is 6.31. The number of carbonyl (C=O) groups is 2. The van der Waals surface area contributed by atoms with Crippen LogP contribution < -0.4 is 15.4 Å². The fraction of sp³-hybridized carbons (Fsp3) is 0.231. The molecule has 166 valence electrons. The predicted octanol–water partition coefficient (Wildman–Crippen LogP) is 5.06. The number of carbonyl (C=O) groups excluding carboxylic acids is 2. The minimum absolute atomic E-state index is 0.000820. The molecule has 1 atom stereocenters. The highest BCUT2D eigenvalue weighted by Crippen LogP contribution is 2.20. The Labute approximate surface area is 194 Å². The average molecular weight is 448 g/mol. The normalized spacial score (nSPS) is 12.1. The first-order valence-electron chi connectivity index (χ1n) is 10.5. The number of hydrogen-bond donors (Lipinski definition) is 3. The molecule has 0 heterocycles. The first kappa shape index (κ1) is 23.6. The number of benzene rings is 3. The van der Waals surface area contributed by atoms with Gasteiger partial charge in [-0.3, -0.25) is 14.3 Å². The van der Waals surface area contributed by atoms with Crippen LogP contribution >= 0.6 is 11.9 Å². The molecular weight excluding hydrogens is 418 g/mol. The summed E-state index contributed by atoms with van der Waals surface area (Å²) in [5.74, 6) is -0.534. The molecule has 0 bridgehead atoms. The highest BCUT2D eigenvalue weighted by molar-refractivity contribution is 7.97. The van der Waals surface area contributed by atoms with Gasteiger partial charge < -0.3 is 10.6 Å². The molecule has 3 rings (SSSR count). The highest BCUT2D eigenvalue weighted by atomic mass is 32.2. The van der Waals surface area contributed by atoms with Gasteiger partial charge in [-0.2, -0.15) is 0 Å². The first-order valence-corrected chi connectivity index (χ1v) is 11.4. The van der Waals surface area contributed by atoms with E-state index in [0.29, 0.717) is 17.7 Å². The lowest BCUT2D eigenvalue weighted by Crippen LogP contribution is -2.45. The van der Waals surface area contributed by atoms with Crippen molar-refractivity contribution in [1.82, 2.24) is 10.0 Å². The van der Waals surface area contributed by atoms with E-state index in [2.05, 4.69) is 36.1 Å². The monoisotopic (exact) mass is 447 g/mol. The Kier molecular flexibility index (Phi) is 8.09. The SMILES string of the molecule is CC(C)(C)NSc1ccc(NC(=O)C(Cc2ccccc2)NC(=O)c2ccccc2)cc1. The lowest BCUT2D eigenvalue weighted by Gasteiger charge is -2.20. The van der Waals surface area contributed by atoms with Crippen LogP contribution in [0.5, 0.6) is 0 Å². The van der Waals surface area contributed by atoms with E-state index in [1.807, 2.05) is 60.7 Å². The Morgan fingerprint density at radius 2 is 1.44 bits per heavy atom. The second kappa shape index (κ2) is 11.0. The predicted molar refractivity (Wildman–Crippen MR) is 132 cm³/mol. The van der Waals surface area contributed by atoms with E-state index in [9.17, 15) is 9.59 Å². The van der Waals surface area contributed by atoms with Gasteiger partial charge in [0, 0.05) is 28.1 Å². The lowest BCUT2D eigenvalue weighted by atomic mass is 10.0. The van der Waals surface area contributed by atoms with Crippen LogP contribution in [0.15, 0.2) is 89.8 Å². The minimum Gasteiger partial charge on any atom is -0.340 e. The zero-order valence-corrected chi connectivity index (χ0v) is 19.4. The van der Waals surface area contributed by atoms with Crippen LogP contribution in [0, 0.1) is 0 Å². The second-order valence-corrected chi connectivity index (χ2v) is 9.43. The molecule has 3 aromatic rings. The van der Waals surface area contributed by atoms with Crippen molar-refractivity contribution in [1.29, 1.82) is 0 Å². The van der Waals surface area contributed by atoms with E-state index in [-0.39, 0.29) is 17.4 Å². The van der Waals surface area contributed by atoms with Crippen molar-refractivity contribution >= 4 is 29.4 Å². The molecule has 3 aromatic carbocycles. The average Bonchev–Trinajstić information content (AvgIpc) is 2.79. The smallest absolute Gasteiger partial charge is 0.251 e. The van der Waals surface area contributed by atoms with Gasteiger partial charge in [0.25, 0.3) is 5.91 Å². The second-order valence-electron chi connectivity index (χ2n) is 8.55. The Hall–Kier alpha value is -3.09. The van der Waals surface area contributed by atoms with Gasteiger partial charge in [-0.15, -0.1) is 0 Å². The summed E-state index contributed by atoms with van der Waals surface area (Å²) in [7, 11) is 0. The molecule has 0 saturated heterocycles. The van der Waals surface area contributed by atoms with Gasteiger partial charge in [-0.05, 0) is 74.7 Å². The van der Waals surface area contributed by atoms with Gasteiger partial charge in [0.2, 0.25) is 5.91 Å². The maximum absolute atomic E-state index is 13.1. The van der Waals surface area contributed by atoms with Crippen molar-refractivity contribution < 1.29 is 9.59 Å². The Balaban J connectivity index is 1.69. The van der Waals surface area contributed by atoms with Crippen molar-refractivity contribution in [2.75, 3.05) is 5.32 Å². The number of amides is 2. The molecule has 1 unspecified atom stereocenters. The molecule has 0 spiro atoms. The summed E-state index contributed by atoms with van der Waals surface area (Å²) in [5, 5.41) is 5.82. The van der Waals surface area contributed by atoms with Crippen LogP contribution in [0.4, 0.5) is 5.69 Å². The summed E-state index contributed by atoms with van der Waals surface area (Å²) in [5.41, 5.74) is 2.17. The minimum atomic E-state index is -0.707. The molecule has 0 radical (unpaired) electrons. The summed E-state index contributed by atoms with van der Waals surface area (Å²) in [6.07, 6.45) is 0.398. The standard InChI is InChI=1S/C26H29N3O2S/c1-26(2,3)29-32-22-16-14-21(15-17-22)27-25(31)23(18-19-10-6-4-7-11-19)28-24(30)20-12-8-5-9-13-20/h4-17,23,29H,18H2,1-3H3,(H,27,31)(H,28,30). The molecule has 0 aliphatic carbocycles. The Morgan fingerprint density at radius 3 is 2.03 bits per heavy atom. The van der Waals surface area contributed by atoms with Gasteiger partial charge in [0.05, 0.1) is 0 Å². The fourth-order valence-electron chi connectivity index (χ4n) is 2.94. The quantitative estimate of drug-likeness (QED) is 0.422. The molecule has 32 heavy (non-hydrogen) atoms. The molecule has 0 aliphatic heterocycles. The Morgan fingerprint density at radius 1 is 0.844 bits per heavy atom. The zero-order valence-electron chi connectivity index (χ0n) is 18.6. The first-order chi connectivity index (χ1) is 15.3. The van der Waals surface area contributed by atoms with E-state index in [1.54, 1.807) is 36.2 Å². The van der Waals surface area contributed by atoms with Gasteiger partial charge in [-0.25, -0.2) is 0 Å². The summed E-state index contributed by atoms with van der Waals surface area (Å²) < 4.78 is 3.36. The molecule has 2 amide bonds. The third kappa shape index (κ3) is 7.55. The maximum Gasteiger partial charge on any atom is 0.251 e. The molecule has 3 N–H and O–H groups in total. The molecule has 0 aromatic heterocycles. The highest BCUT2D eigenvalue weighted by Gasteiger charge is 2.22. The van der Waals surface area contributed by atoms with Crippen molar-refractivity contribution in [2.45, 2.75) is 43.7 Å². The van der Waals surface area contributed by atoms with Crippen LogP contribution in [0.1, 0.15) is 36.7 Å². The Bertz CT molecular complexity index is 1020. The molecular formula is C26H29N3O2S. The lowest BCUT2D eigenvalue weighted by molar-refractivity contribution is -0.118. The summed E-state index contributed by atoms with van der Waals surface area (Å²) in [6, 6.07) is 25.5. The van der Waals surface area contributed by atoms with Crippen LogP contribution in [0.2, 0.25) is 0 Å². The maximum atomic E-state index is 13.1. The zero-order chi connectivity index (χ0) is 23.0. The van der Waals surface area contributed by atoms with Gasteiger partial charge in [0.1, 0.15) is 6.04 Å². The number of nitrogens with one attached hydrogen (secondary N) is 3. The van der Waals surface area contributed by atoms with E-state index in [4.69, 9.17) is 0 Å². The third-order valence-electron chi connectivity index (χ3n) is 4.54. The molecule has 0 aliphatic rings. The molecule has 0 saturated carbocycles. The van der Waals surface area contributed by atoms with Crippen LogP contribution in [-0.4, -0.2) is 23.4 Å². The van der Waals surface area contributed by atoms with E-state index in [1.165, 1.54) is 0 Å². The summed E-state index contributed by atoms with van der Waals surface area (Å²) >= 11 is 1.55. The fourth-order valence-corrected chi connectivity index (χ4v) is 3.63. The van der Waals surface area contributed by atoms with Crippen molar-refractivity contribution in [3.8, 4) is 0 Å². The molecule has 5 nitrogen and oxygen atoms in total. The van der Waals surface area contributed by atoms with Crippen molar-refractivity contribution in [2.24, 2.45) is 0 Å². The van der Waals surface area contributed by atoms with Crippen LogP contribution in [-0.2, 0) is 11.2 Å². The van der Waals surface area contributed by atoms with E-state index >= 15 is 0 Å². The van der Waals surface area contributed by atoms with Gasteiger partial charge in [-0.1, -0.05) is 48.5 Å². The topological polar surface area (TPSA) is 70.2 Å². The van der Waals surface area contributed by atoms with Gasteiger partial charge in [0.15, 0.2) is 0 Å². The molecule has 0 fully saturated rings. The van der Waals surface area contributed by atoms with E-state index in [0.717, 1.165) is 10.5 Å². The van der Waals surface area contributed by atoms with E-state index < -0.39 is 6.04 Å². The molecule has 6 heteroatoms. The van der Waals surface area contributed by atoms with Gasteiger partial charge >= 0.3 is 0 Å². The third-order valence-corrected chi connectivity index (χ3v) is 5.76. The number of hydrogen-bond acceptors (Lipinski definition) is 4. The number of rotatable bonds is 8. The van der Waals surface area contributed by atoms with Crippen LogP contribution in [0.25, 0.3) is 0 Å². The van der Waals surface area contributed by atoms with Crippen molar-refractivity contribution in [3.63, 3.8) is 0 Å². The van der Waals surface area contributed by atoms with Crippen molar-refractivity contribution in [3.05, 3.63) is 96.1 Å². The largest absolute Gasteiger partial charge is 0.340 e. The summed E-state index contributed by atoms with van der Waals surface area (Å²) in [4.78, 5) is 26.8. The number of anilines is 1. The van der Waals surface area contributed by atoms with Crippen LogP contribution in [0.3, 0.4) is 0 Å².